The second-order valence-corrected chi connectivity index (χ2v) is 6.72. The Morgan fingerprint density at radius 1 is 1.14 bits per heavy atom. The van der Waals surface area contributed by atoms with E-state index >= 15 is 0 Å². The molecule has 0 saturated heterocycles. The molecule has 2 amide bonds. The molecule has 0 atom stereocenters. The van der Waals surface area contributed by atoms with Crippen LogP contribution in [0, 0.1) is 6.92 Å². The summed E-state index contributed by atoms with van der Waals surface area (Å²) in [6, 6.07) is 14.5. The molecular formula is C21H22N4O3. The van der Waals surface area contributed by atoms with Crippen molar-refractivity contribution in [2.24, 2.45) is 0 Å². The highest BCUT2D eigenvalue weighted by Gasteiger charge is 2.21. The zero-order chi connectivity index (χ0) is 20.1. The summed E-state index contributed by atoms with van der Waals surface area (Å²) in [5, 5.41) is 6.33. The van der Waals surface area contributed by atoms with Gasteiger partial charge < -0.3 is 14.7 Å². The molecule has 0 saturated carbocycles. The van der Waals surface area contributed by atoms with Crippen LogP contribution in [0.4, 0.5) is 5.82 Å². The predicted octanol–water partition coefficient (Wildman–Crippen LogP) is 3.68. The lowest BCUT2D eigenvalue weighted by Crippen LogP contribution is -2.36. The molecule has 1 N–H and O–H groups in total. The first-order chi connectivity index (χ1) is 13.4. The van der Waals surface area contributed by atoms with E-state index in [9.17, 15) is 9.59 Å². The molecule has 7 nitrogen and oxygen atoms in total. The standard InChI is InChI=1S/C21H22N4O3/c1-14(2)25(13-16-7-5-4-6-8-16)21(27)17-9-10-22-18(12-17)20(26)23-19-11-15(3)28-24-19/h4-12,14H,13H2,1-3H3,(H,23,24,26). The lowest BCUT2D eigenvalue weighted by atomic mass is 10.1. The van der Waals surface area contributed by atoms with Crippen LogP contribution < -0.4 is 5.32 Å². The molecule has 0 radical (unpaired) electrons. The Balaban J connectivity index is 1.78. The van der Waals surface area contributed by atoms with Gasteiger partial charge in [-0.05, 0) is 38.5 Å². The molecule has 3 rings (SSSR count). The molecule has 3 aromatic rings. The molecule has 1 aromatic carbocycles. The Bertz CT molecular complexity index is 967. The number of hydrogen-bond acceptors (Lipinski definition) is 5. The quantitative estimate of drug-likeness (QED) is 0.707. The van der Waals surface area contributed by atoms with Gasteiger partial charge in [-0.25, -0.2) is 0 Å². The average Bonchev–Trinajstić information content (AvgIpc) is 3.11. The normalized spacial score (nSPS) is 10.7. The van der Waals surface area contributed by atoms with Crippen molar-refractivity contribution < 1.29 is 14.1 Å². The van der Waals surface area contributed by atoms with E-state index in [1.54, 1.807) is 24.0 Å². The summed E-state index contributed by atoms with van der Waals surface area (Å²) in [5.41, 5.74) is 1.58. The van der Waals surface area contributed by atoms with E-state index in [0.29, 0.717) is 23.7 Å². The molecule has 0 fully saturated rings. The maximum Gasteiger partial charge on any atom is 0.275 e. The van der Waals surface area contributed by atoms with Gasteiger partial charge in [-0.15, -0.1) is 0 Å². The first-order valence-electron chi connectivity index (χ1n) is 8.99. The number of carbonyl (C=O) groups excluding carboxylic acids is 2. The number of carbonyl (C=O) groups is 2. The first kappa shape index (κ1) is 19.3. The molecule has 28 heavy (non-hydrogen) atoms. The van der Waals surface area contributed by atoms with Gasteiger partial charge in [0.2, 0.25) is 0 Å². The molecule has 0 aliphatic heterocycles. The van der Waals surface area contributed by atoms with Gasteiger partial charge in [-0.2, -0.15) is 0 Å². The predicted molar refractivity (Wildman–Crippen MR) is 105 cm³/mol. The van der Waals surface area contributed by atoms with E-state index in [1.165, 1.54) is 12.3 Å². The molecule has 0 unspecified atom stereocenters. The van der Waals surface area contributed by atoms with E-state index in [1.807, 2.05) is 44.2 Å². The fourth-order valence-electron chi connectivity index (χ4n) is 2.73. The Morgan fingerprint density at radius 2 is 1.89 bits per heavy atom. The summed E-state index contributed by atoms with van der Waals surface area (Å²) in [6.07, 6.45) is 1.46. The van der Waals surface area contributed by atoms with Gasteiger partial charge in [0.05, 0.1) is 0 Å². The second-order valence-electron chi connectivity index (χ2n) is 6.72. The van der Waals surface area contributed by atoms with Gasteiger partial charge in [-0.3, -0.25) is 14.6 Å². The van der Waals surface area contributed by atoms with Gasteiger partial charge in [0.25, 0.3) is 11.8 Å². The number of aryl methyl sites for hydroxylation is 1. The second kappa shape index (κ2) is 8.47. The minimum absolute atomic E-state index is 0.00347. The Labute approximate surface area is 163 Å². The molecule has 2 aromatic heterocycles. The molecule has 0 aliphatic carbocycles. The van der Waals surface area contributed by atoms with E-state index < -0.39 is 5.91 Å². The largest absolute Gasteiger partial charge is 0.360 e. The molecule has 0 bridgehead atoms. The van der Waals surface area contributed by atoms with Crippen molar-refractivity contribution in [1.29, 1.82) is 0 Å². The molecular weight excluding hydrogens is 356 g/mol. The van der Waals surface area contributed by atoms with Crippen molar-refractivity contribution >= 4 is 17.6 Å². The van der Waals surface area contributed by atoms with Gasteiger partial charge in [0.1, 0.15) is 11.5 Å². The Hall–Kier alpha value is -3.48. The molecule has 2 heterocycles. The number of nitrogens with one attached hydrogen (secondary N) is 1. The smallest absolute Gasteiger partial charge is 0.275 e. The molecule has 0 aliphatic rings. The number of aromatic nitrogens is 2. The number of nitrogens with zero attached hydrogens (tertiary/aromatic N) is 3. The van der Waals surface area contributed by atoms with Gasteiger partial charge >= 0.3 is 0 Å². The summed E-state index contributed by atoms with van der Waals surface area (Å²) < 4.78 is 4.93. The highest BCUT2D eigenvalue weighted by Crippen LogP contribution is 2.15. The lowest BCUT2D eigenvalue weighted by molar-refractivity contribution is 0.0690. The first-order valence-corrected chi connectivity index (χ1v) is 8.99. The fourth-order valence-corrected chi connectivity index (χ4v) is 2.73. The third-order valence-corrected chi connectivity index (χ3v) is 4.19. The average molecular weight is 378 g/mol. The van der Waals surface area contributed by atoms with Crippen LogP contribution in [0.1, 0.15) is 46.0 Å². The lowest BCUT2D eigenvalue weighted by Gasteiger charge is -2.27. The SMILES string of the molecule is Cc1cc(NC(=O)c2cc(C(=O)N(Cc3ccccc3)C(C)C)ccn2)no1. The van der Waals surface area contributed by atoms with Gasteiger partial charge in [0.15, 0.2) is 5.82 Å². The third kappa shape index (κ3) is 4.62. The third-order valence-electron chi connectivity index (χ3n) is 4.19. The minimum atomic E-state index is -0.456. The zero-order valence-electron chi connectivity index (χ0n) is 16.0. The summed E-state index contributed by atoms with van der Waals surface area (Å²) in [5.74, 6) is 0.268. The Morgan fingerprint density at radius 3 is 2.54 bits per heavy atom. The summed E-state index contributed by atoms with van der Waals surface area (Å²) >= 11 is 0. The van der Waals surface area contributed by atoms with Gasteiger partial charge in [-0.1, -0.05) is 35.5 Å². The van der Waals surface area contributed by atoms with Crippen LogP contribution in [-0.4, -0.2) is 32.9 Å². The molecule has 144 valence electrons. The van der Waals surface area contributed by atoms with Crippen LogP contribution in [0.25, 0.3) is 0 Å². The van der Waals surface area contributed by atoms with Crippen molar-refractivity contribution in [2.45, 2.75) is 33.4 Å². The van der Waals surface area contributed by atoms with Crippen molar-refractivity contribution in [2.75, 3.05) is 5.32 Å². The molecule has 7 heteroatoms. The highest BCUT2D eigenvalue weighted by molar-refractivity contribution is 6.04. The van der Waals surface area contributed by atoms with Crippen LogP contribution in [0.5, 0.6) is 0 Å². The topological polar surface area (TPSA) is 88.3 Å². The summed E-state index contributed by atoms with van der Waals surface area (Å²) in [7, 11) is 0. The van der Waals surface area contributed by atoms with Crippen LogP contribution >= 0.6 is 0 Å². The maximum absolute atomic E-state index is 13.1. The number of hydrogen-bond donors (Lipinski definition) is 1. The highest BCUT2D eigenvalue weighted by atomic mass is 16.5. The molecule has 0 spiro atoms. The summed E-state index contributed by atoms with van der Waals surface area (Å²) in [4.78, 5) is 31.3. The fraction of sp³-hybridized carbons (Fsp3) is 0.238. The number of amides is 2. The van der Waals surface area contributed by atoms with Crippen LogP contribution in [-0.2, 0) is 6.54 Å². The van der Waals surface area contributed by atoms with Crippen LogP contribution in [0.15, 0.2) is 59.3 Å². The van der Waals surface area contributed by atoms with Crippen molar-refractivity contribution in [1.82, 2.24) is 15.0 Å². The minimum Gasteiger partial charge on any atom is -0.360 e. The van der Waals surface area contributed by atoms with Gasteiger partial charge in [0, 0.05) is 30.4 Å². The monoisotopic (exact) mass is 378 g/mol. The number of rotatable bonds is 6. The van der Waals surface area contributed by atoms with Crippen molar-refractivity contribution in [3.8, 4) is 0 Å². The van der Waals surface area contributed by atoms with Crippen molar-refractivity contribution in [3.05, 3.63) is 77.3 Å². The van der Waals surface area contributed by atoms with E-state index in [2.05, 4.69) is 15.5 Å². The van der Waals surface area contributed by atoms with E-state index in [-0.39, 0.29) is 17.6 Å². The summed E-state index contributed by atoms with van der Waals surface area (Å²) in [6.45, 7) is 6.14. The number of benzene rings is 1. The zero-order valence-corrected chi connectivity index (χ0v) is 16.0. The Kier molecular flexibility index (Phi) is 5.84. The van der Waals surface area contributed by atoms with Crippen LogP contribution in [0.3, 0.4) is 0 Å². The van der Waals surface area contributed by atoms with E-state index in [0.717, 1.165) is 5.56 Å². The van der Waals surface area contributed by atoms with Crippen molar-refractivity contribution in [3.63, 3.8) is 0 Å². The number of pyridine rings is 1. The van der Waals surface area contributed by atoms with Crippen LogP contribution in [0.2, 0.25) is 0 Å². The maximum atomic E-state index is 13.1. The number of anilines is 1. The van der Waals surface area contributed by atoms with E-state index in [4.69, 9.17) is 4.52 Å².